The lowest BCUT2D eigenvalue weighted by molar-refractivity contribution is 0.632. The summed E-state index contributed by atoms with van der Waals surface area (Å²) in [5.41, 5.74) is 3.26. The summed E-state index contributed by atoms with van der Waals surface area (Å²) in [5.74, 6) is 0. The van der Waals surface area contributed by atoms with Crippen molar-refractivity contribution in [3.05, 3.63) is 24.3 Å². The molecule has 0 aliphatic heterocycles. The van der Waals surface area contributed by atoms with Crippen LogP contribution in [0.25, 0.3) is 11.0 Å². The number of aromatic nitrogens is 2. The van der Waals surface area contributed by atoms with Gasteiger partial charge < -0.3 is 4.57 Å². The van der Waals surface area contributed by atoms with Gasteiger partial charge in [-0.1, -0.05) is 44.1 Å². The Labute approximate surface area is 115 Å². The Morgan fingerprint density at radius 2 is 1.83 bits per heavy atom. The fraction of sp³-hybridized carbons (Fsp3) is 0.500. The van der Waals surface area contributed by atoms with Gasteiger partial charge in [0.25, 0.3) is 0 Å². The van der Waals surface area contributed by atoms with Crippen LogP contribution in [0, 0.1) is 0 Å². The molecule has 1 atom stereocenters. The van der Waals surface area contributed by atoms with Gasteiger partial charge in [-0.2, -0.15) is 0 Å². The number of hydrogen-bond acceptors (Lipinski definition) is 1. The summed E-state index contributed by atoms with van der Waals surface area (Å²) in [6.45, 7) is 10.9. The molecule has 0 amide bonds. The molecule has 2 aromatic rings. The van der Waals surface area contributed by atoms with E-state index in [2.05, 4.69) is 57.4 Å². The SMILES string of the molecule is CC(C)n1c(P(Cl)C(C)(C)C)nc2ccccc21. The fourth-order valence-corrected chi connectivity index (χ4v) is 3.66. The van der Waals surface area contributed by atoms with Crippen LogP contribution in [0.3, 0.4) is 0 Å². The molecular weight excluding hydrogens is 263 g/mol. The summed E-state index contributed by atoms with van der Waals surface area (Å²) in [4.78, 5) is 4.76. The van der Waals surface area contributed by atoms with E-state index in [0.29, 0.717) is 6.04 Å². The zero-order valence-electron chi connectivity index (χ0n) is 11.6. The van der Waals surface area contributed by atoms with Crippen LogP contribution in [0.1, 0.15) is 40.7 Å². The van der Waals surface area contributed by atoms with E-state index >= 15 is 0 Å². The van der Waals surface area contributed by atoms with E-state index < -0.39 is 7.27 Å². The molecule has 0 N–H and O–H groups in total. The topological polar surface area (TPSA) is 17.8 Å². The Morgan fingerprint density at radius 1 is 1.22 bits per heavy atom. The van der Waals surface area contributed by atoms with Crippen LogP contribution < -0.4 is 5.57 Å². The van der Waals surface area contributed by atoms with Gasteiger partial charge in [0, 0.05) is 11.2 Å². The molecule has 0 aliphatic carbocycles. The van der Waals surface area contributed by atoms with Crippen LogP contribution in [-0.2, 0) is 0 Å². The lowest BCUT2D eigenvalue weighted by Gasteiger charge is -2.26. The molecule has 1 unspecified atom stereocenters. The van der Waals surface area contributed by atoms with Crippen molar-refractivity contribution in [2.45, 2.75) is 45.8 Å². The third kappa shape index (κ3) is 2.41. The summed E-state index contributed by atoms with van der Waals surface area (Å²) < 4.78 is 2.28. The largest absolute Gasteiger partial charge is 0.321 e. The second kappa shape index (κ2) is 4.83. The predicted octanol–water partition coefficient (Wildman–Crippen LogP) is 4.68. The van der Waals surface area contributed by atoms with Gasteiger partial charge in [0.15, 0.2) is 0 Å². The molecule has 0 radical (unpaired) electrons. The lowest BCUT2D eigenvalue weighted by Crippen LogP contribution is -2.25. The highest BCUT2D eigenvalue weighted by molar-refractivity contribution is 7.90. The summed E-state index contributed by atoms with van der Waals surface area (Å²) >= 11 is 6.68. The Hall–Kier alpha value is -0.590. The fourth-order valence-electron chi connectivity index (χ4n) is 1.98. The second-order valence-corrected chi connectivity index (χ2v) is 9.13. The Morgan fingerprint density at radius 3 is 2.39 bits per heavy atom. The maximum atomic E-state index is 6.68. The molecule has 18 heavy (non-hydrogen) atoms. The van der Waals surface area contributed by atoms with E-state index in [1.807, 2.05) is 6.07 Å². The monoisotopic (exact) mass is 282 g/mol. The van der Waals surface area contributed by atoms with Crippen LogP contribution in [0.15, 0.2) is 24.3 Å². The van der Waals surface area contributed by atoms with E-state index in [-0.39, 0.29) is 5.16 Å². The summed E-state index contributed by atoms with van der Waals surface area (Å²) in [6, 6.07) is 8.63. The number of para-hydroxylation sites is 2. The second-order valence-electron chi connectivity index (χ2n) is 5.82. The van der Waals surface area contributed by atoms with Crippen molar-refractivity contribution in [3.63, 3.8) is 0 Å². The van der Waals surface area contributed by atoms with Crippen molar-refractivity contribution < 1.29 is 0 Å². The zero-order chi connectivity index (χ0) is 13.5. The molecule has 0 saturated carbocycles. The highest BCUT2D eigenvalue weighted by Gasteiger charge is 2.29. The molecule has 1 heterocycles. The van der Waals surface area contributed by atoms with Crippen molar-refractivity contribution >= 4 is 35.1 Å². The highest BCUT2D eigenvalue weighted by atomic mass is 35.7. The molecule has 1 aromatic carbocycles. The lowest BCUT2D eigenvalue weighted by atomic mass is 10.3. The van der Waals surface area contributed by atoms with Gasteiger partial charge in [-0.05, 0) is 26.0 Å². The molecule has 2 nitrogen and oxygen atoms in total. The first kappa shape index (κ1) is 13.8. The average molecular weight is 283 g/mol. The molecule has 0 saturated heterocycles. The normalized spacial score (nSPS) is 14.4. The number of hydrogen-bond donors (Lipinski definition) is 0. The van der Waals surface area contributed by atoms with E-state index in [0.717, 1.165) is 11.1 Å². The van der Waals surface area contributed by atoms with Crippen LogP contribution >= 0.6 is 18.5 Å². The predicted molar refractivity (Wildman–Crippen MR) is 82.3 cm³/mol. The van der Waals surface area contributed by atoms with Gasteiger partial charge in [0.1, 0.15) is 5.57 Å². The maximum absolute atomic E-state index is 6.68. The Bertz CT molecular complexity index is 554. The molecule has 0 fully saturated rings. The molecular formula is C14H20ClN2P. The molecule has 0 spiro atoms. The maximum Gasteiger partial charge on any atom is 0.149 e. The van der Waals surface area contributed by atoms with E-state index in [9.17, 15) is 0 Å². The van der Waals surface area contributed by atoms with Gasteiger partial charge in [-0.15, -0.1) is 0 Å². The van der Waals surface area contributed by atoms with Crippen LogP contribution in [0.2, 0.25) is 0 Å². The summed E-state index contributed by atoms with van der Waals surface area (Å²) in [7, 11) is -0.793. The minimum atomic E-state index is -0.793. The minimum Gasteiger partial charge on any atom is -0.321 e. The third-order valence-electron chi connectivity index (χ3n) is 2.86. The first-order valence-corrected chi connectivity index (χ1v) is 8.50. The van der Waals surface area contributed by atoms with Gasteiger partial charge in [-0.3, -0.25) is 0 Å². The van der Waals surface area contributed by atoms with Crippen LogP contribution in [0.5, 0.6) is 0 Å². The summed E-state index contributed by atoms with van der Waals surface area (Å²) in [5, 5.41) is 0.0604. The van der Waals surface area contributed by atoms with Gasteiger partial charge >= 0.3 is 0 Å². The highest BCUT2D eigenvalue weighted by Crippen LogP contribution is 2.53. The number of fused-ring (bicyclic) bond motifs is 1. The molecule has 98 valence electrons. The number of halogens is 1. The number of benzene rings is 1. The Kier molecular flexibility index (Phi) is 3.71. The van der Waals surface area contributed by atoms with E-state index in [4.69, 9.17) is 16.2 Å². The van der Waals surface area contributed by atoms with Crippen molar-refractivity contribution in [1.82, 2.24) is 9.55 Å². The summed E-state index contributed by atoms with van der Waals surface area (Å²) in [6.07, 6.45) is 0. The number of imidazole rings is 1. The smallest absolute Gasteiger partial charge is 0.149 e. The van der Waals surface area contributed by atoms with Gasteiger partial charge in [0.05, 0.1) is 18.3 Å². The zero-order valence-corrected chi connectivity index (χ0v) is 13.3. The Balaban J connectivity index is 2.67. The molecule has 1 aromatic heterocycles. The van der Waals surface area contributed by atoms with Crippen molar-refractivity contribution in [2.75, 3.05) is 0 Å². The van der Waals surface area contributed by atoms with E-state index in [1.54, 1.807) is 0 Å². The third-order valence-corrected chi connectivity index (χ3v) is 6.68. The average Bonchev–Trinajstić information content (AvgIpc) is 2.65. The van der Waals surface area contributed by atoms with Crippen molar-refractivity contribution in [3.8, 4) is 0 Å². The molecule has 0 aliphatic rings. The number of rotatable bonds is 2. The molecule has 0 bridgehead atoms. The van der Waals surface area contributed by atoms with Crippen LogP contribution in [0.4, 0.5) is 0 Å². The van der Waals surface area contributed by atoms with Gasteiger partial charge in [-0.25, -0.2) is 4.98 Å². The quantitative estimate of drug-likeness (QED) is 0.732. The first-order valence-electron chi connectivity index (χ1n) is 6.25. The van der Waals surface area contributed by atoms with Crippen molar-refractivity contribution in [1.29, 1.82) is 0 Å². The molecule has 2 rings (SSSR count). The van der Waals surface area contributed by atoms with E-state index in [1.165, 1.54) is 5.52 Å². The first-order chi connectivity index (χ1) is 8.32. The van der Waals surface area contributed by atoms with Gasteiger partial charge in [0.2, 0.25) is 0 Å². The van der Waals surface area contributed by atoms with Crippen molar-refractivity contribution in [2.24, 2.45) is 0 Å². The standard InChI is InChI=1S/C14H20ClN2P/c1-10(2)17-12-9-7-6-8-11(12)16-13(17)18(15)14(3,4)5/h6-10H,1-5H3. The number of nitrogens with zero attached hydrogens (tertiary/aromatic N) is 2. The minimum absolute atomic E-state index is 0.0604. The van der Waals surface area contributed by atoms with Crippen LogP contribution in [-0.4, -0.2) is 14.7 Å². The molecule has 4 heteroatoms.